The number of nitrogens with one attached hydrogen (secondary N) is 2. The number of nitrogens with two attached hydrogens (primary N) is 1. The van der Waals surface area contributed by atoms with Gasteiger partial charge in [0, 0.05) is 18.4 Å². The Bertz CT molecular complexity index is 673. The van der Waals surface area contributed by atoms with Gasteiger partial charge in [-0.1, -0.05) is 23.9 Å². The molecule has 0 unspecified atom stereocenters. The summed E-state index contributed by atoms with van der Waals surface area (Å²) in [6.07, 6.45) is 0. The fourth-order valence-electron chi connectivity index (χ4n) is 1.63. The van der Waals surface area contributed by atoms with Gasteiger partial charge in [0.15, 0.2) is 5.16 Å². The molecule has 0 aliphatic heterocycles. The van der Waals surface area contributed by atoms with Crippen LogP contribution in [0.1, 0.15) is 16.7 Å². The number of nitrogens with zero attached hydrogens (tertiary/aromatic N) is 2. The number of amidine groups is 1. The lowest BCUT2D eigenvalue weighted by Crippen LogP contribution is -2.13. The van der Waals surface area contributed by atoms with E-state index in [9.17, 15) is 4.79 Å². The van der Waals surface area contributed by atoms with Crippen molar-refractivity contribution in [1.29, 1.82) is 5.41 Å². The van der Waals surface area contributed by atoms with E-state index >= 15 is 0 Å². The van der Waals surface area contributed by atoms with Crippen LogP contribution in [-0.2, 0) is 12.8 Å². The Morgan fingerprint density at radius 1 is 1.58 bits per heavy atom. The number of aryl methyl sites for hydroxylation is 1. The molecule has 7 heteroatoms. The Hall–Kier alpha value is -2.02. The highest BCUT2D eigenvalue weighted by Gasteiger charge is 2.07. The van der Waals surface area contributed by atoms with E-state index in [1.807, 2.05) is 25.1 Å². The zero-order chi connectivity index (χ0) is 14.0. The van der Waals surface area contributed by atoms with Crippen LogP contribution < -0.4 is 11.4 Å². The smallest absolute Gasteiger partial charge is 0.343 e. The Balaban J connectivity index is 2.14. The molecule has 1 heterocycles. The summed E-state index contributed by atoms with van der Waals surface area (Å²) in [5, 5.41) is 14.4. The molecule has 2 aromatic rings. The van der Waals surface area contributed by atoms with Gasteiger partial charge in [-0.05, 0) is 24.1 Å². The summed E-state index contributed by atoms with van der Waals surface area (Å²) >= 11 is 1.49. The van der Waals surface area contributed by atoms with Crippen molar-refractivity contribution in [3.63, 3.8) is 0 Å². The third kappa shape index (κ3) is 2.87. The van der Waals surface area contributed by atoms with Crippen LogP contribution in [0.2, 0.25) is 0 Å². The lowest BCUT2D eigenvalue weighted by molar-refractivity contribution is 0.765. The van der Waals surface area contributed by atoms with Crippen LogP contribution in [0.25, 0.3) is 0 Å². The lowest BCUT2D eigenvalue weighted by atomic mass is 10.1. The van der Waals surface area contributed by atoms with Gasteiger partial charge in [-0.2, -0.15) is 0 Å². The van der Waals surface area contributed by atoms with Crippen LogP contribution in [0.4, 0.5) is 0 Å². The van der Waals surface area contributed by atoms with Crippen molar-refractivity contribution in [2.45, 2.75) is 17.8 Å². The molecule has 0 aliphatic carbocycles. The van der Waals surface area contributed by atoms with Crippen molar-refractivity contribution in [1.82, 2.24) is 14.8 Å². The standard InChI is InChI=1S/C12H15N5OS/c1-7-5-8(10(13)14)3-4-9(7)6-19-12-16-15-11(18)17(12)2/h3-5H,6H2,1-2H3,(H3,13,14)(H,15,18). The van der Waals surface area contributed by atoms with Crippen molar-refractivity contribution in [2.24, 2.45) is 12.8 Å². The average molecular weight is 277 g/mol. The maximum absolute atomic E-state index is 11.2. The second-order valence-electron chi connectivity index (χ2n) is 4.21. The molecule has 0 atom stereocenters. The maximum atomic E-state index is 11.2. The average Bonchev–Trinajstić information content (AvgIpc) is 2.68. The van der Waals surface area contributed by atoms with Crippen LogP contribution in [0.15, 0.2) is 28.2 Å². The van der Waals surface area contributed by atoms with E-state index in [2.05, 4.69) is 10.2 Å². The number of H-pyrrole nitrogens is 1. The molecular weight excluding hydrogens is 262 g/mol. The number of hydrogen-bond acceptors (Lipinski definition) is 4. The highest BCUT2D eigenvalue weighted by atomic mass is 32.2. The van der Waals surface area contributed by atoms with E-state index < -0.39 is 0 Å². The molecule has 0 aliphatic rings. The zero-order valence-corrected chi connectivity index (χ0v) is 11.5. The Morgan fingerprint density at radius 2 is 2.32 bits per heavy atom. The molecule has 1 aromatic carbocycles. The second-order valence-corrected chi connectivity index (χ2v) is 5.16. The molecule has 0 saturated carbocycles. The quantitative estimate of drug-likeness (QED) is 0.441. The first kappa shape index (κ1) is 13.4. The van der Waals surface area contributed by atoms with Crippen LogP contribution in [0.5, 0.6) is 0 Å². The highest BCUT2D eigenvalue weighted by Crippen LogP contribution is 2.22. The number of nitrogen functional groups attached to an aromatic ring is 1. The van der Waals surface area contributed by atoms with E-state index in [4.69, 9.17) is 11.1 Å². The number of aromatic nitrogens is 3. The maximum Gasteiger partial charge on any atom is 0.343 e. The van der Waals surface area contributed by atoms with Crippen LogP contribution in [0, 0.1) is 12.3 Å². The first-order chi connectivity index (χ1) is 8.99. The van der Waals surface area contributed by atoms with Crippen molar-refractivity contribution in [3.05, 3.63) is 45.4 Å². The SMILES string of the molecule is Cc1cc(C(=N)N)ccc1CSc1n[nH]c(=O)n1C. The summed E-state index contributed by atoms with van der Waals surface area (Å²) in [6, 6.07) is 5.67. The highest BCUT2D eigenvalue weighted by molar-refractivity contribution is 7.98. The molecule has 0 amide bonds. The Labute approximate surface area is 114 Å². The van der Waals surface area contributed by atoms with Gasteiger partial charge in [0.2, 0.25) is 0 Å². The van der Waals surface area contributed by atoms with E-state index in [0.29, 0.717) is 10.9 Å². The third-order valence-corrected chi connectivity index (χ3v) is 3.93. The predicted octanol–water partition coefficient (Wildman–Crippen LogP) is 0.993. The van der Waals surface area contributed by atoms with Crippen molar-refractivity contribution < 1.29 is 0 Å². The molecule has 6 nitrogen and oxygen atoms in total. The topological polar surface area (TPSA) is 101 Å². The van der Waals surface area contributed by atoms with Gasteiger partial charge in [-0.15, -0.1) is 5.10 Å². The van der Waals surface area contributed by atoms with Gasteiger partial charge in [-0.3, -0.25) is 9.98 Å². The van der Waals surface area contributed by atoms with Gasteiger partial charge in [0.1, 0.15) is 5.84 Å². The van der Waals surface area contributed by atoms with Crippen molar-refractivity contribution in [3.8, 4) is 0 Å². The van der Waals surface area contributed by atoms with E-state index in [1.54, 1.807) is 7.05 Å². The molecule has 100 valence electrons. The van der Waals surface area contributed by atoms with Crippen LogP contribution >= 0.6 is 11.8 Å². The Morgan fingerprint density at radius 3 is 2.84 bits per heavy atom. The molecule has 0 saturated heterocycles. The fourth-order valence-corrected chi connectivity index (χ4v) is 2.62. The Kier molecular flexibility index (Phi) is 3.75. The molecule has 0 radical (unpaired) electrons. The molecule has 1 aromatic heterocycles. The van der Waals surface area contributed by atoms with Crippen LogP contribution in [-0.4, -0.2) is 20.6 Å². The minimum Gasteiger partial charge on any atom is -0.384 e. The van der Waals surface area contributed by atoms with Gasteiger partial charge in [0.25, 0.3) is 0 Å². The predicted molar refractivity (Wildman–Crippen MR) is 75.6 cm³/mol. The fraction of sp³-hybridized carbons (Fsp3) is 0.250. The summed E-state index contributed by atoms with van der Waals surface area (Å²) < 4.78 is 1.48. The summed E-state index contributed by atoms with van der Waals surface area (Å²) in [5.41, 5.74) is 8.15. The third-order valence-electron chi connectivity index (χ3n) is 2.85. The monoisotopic (exact) mass is 277 g/mol. The number of thioether (sulfide) groups is 1. The van der Waals surface area contributed by atoms with E-state index in [0.717, 1.165) is 16.7 Å². The molecule has 0 fully saturated rings. The normalized spacial score (nSPS) is 10.6. The minimum absolute atomic E-state index is 0.0667. The van der Waals surface area contributed by atoms with Gasteiger partial charge in [-0.25, -0.2) is 9.89 Å². The number of aromatic amines is 1. The first-order valence-corrected chi connectivity index (χ1v) is 6.65. The summed E-state index contributed by atoms with van der Waals surface area (Å²) in [5.74, 6) is 0.777. The molecular formula is C12H15N5OS. The van der Waals surface area contributed by atoms with Crippen molar-refractivity contribution >= 4 is 17.6 Å². The molecule has 2 rings (SSSR count). The second kappa shape index (κ2) is 5.31. The largest absolute Gasteiger partial charge is 0.384 e. The van der Waals surface area contributed by atoms with Gasteiger partial charge < -0.3 is 5.73 Å². The minimum atomic E-state index is -0.217. The number of benzene rings is 1. The van der Waals surface area contributed by atoms with Crippen molar-refractivity contribution in [2.75, 3.05) is 0 Å². The molecule has 4 N–H and O–H groups in total. The number of rotatable bonds is 4. The summed E-state index contributed by atoms with van der Waals surface area (Å²) in [6.45, 7) is 1.98. The van der Waals surface area contributed by atoms with Gasteiger partial charge >= 0.3 is 5.69 Å². The molecule has 0 bridgehead atoms. The summed E-state index contributed by atoms with van der Waals surface area (Å²) in [7, 11) is 1.68. The first-order valence-electron chi connectivity index (χ1n) is 5.67. The van der Waals surface area contributed by atoms with Crippen LogP contribution in [0.3, 0.4) is 0 Å². The molecule has 19 heavy (non-hydrogen) atoms. The zero-order valence-electron chi connectivity index (χ0n) is 10.7. The lowest BCUT2D eigenvalue weighted by Gasteiger charge is -2.07. The number of hydrogen-bond donors (Lipinski definition) is 3. The van der Waals surface area contributed by atoms with Gasteiger partial charge in [0.05, 0.1) is 0 Å². The molecule has 0 spiro atoms. The van der Waals surface area contributed by atoms with E-state index in [-0.39, 0.29) is 11.5 Å². The van der Waals surface area contributed by atoms with E-state index in [1.165, 1.54) is 16.3 Å². The summed E-state index contributed by atoms with van der Waals surface area (Å²) in [4.78, 5) is 11.2.